The van der Waals surface area contributed by atoms with Crippen LogP contribution in [0.25, 0.3) is 0 Å². The predicted octanol–water partition coefficient (Wildman–Crippen LogP) is 0.654. The van der Waals surface area contributed by atoms with Gasteiger partial charge in [-0.15, -0.1) is 0 Å². The Balaban J connectivity index is 2.46. The van der Waals surface area contributed by atoms with Crippen molar-refractivity contribution in [1.82, 2.24) is 5.32 Å². The number of ketones is 2. The largest absolute Gasteiger partial charge is 0.376 e. The van der Waals surface area contributed by atoms with Gasteiger partial charge in [0.25, 0.3) is 0 Å². The highest BCUT2D eigenvalue weighted by molar-refractivity contribution is 6.16. The van der Waals surface area contributed by atoms with Gasteiger partial charge in [0.05, 0.1) is 38.9 Å². The summed E-state index contributed by atoms with van der Waals surface area (Å²) >= 11 is 0. The molecule has 0 bridgehead atoms. The lowest BCUT2D eigenvalue weighted by atomic mass is 10.1. The summed E-state index contributed by atoms with van der Waals surface area (Å²) in [4.78, 5) is 22.6. The molecule has 1 aliphatic carbocycles. The van der Waals surface area contributed by atoms with E-state index < -0.39 is 0 Å². The van der Waals surface area contributed by atoms with Crippen molar-refractivity contribution in [2.45, 2.75) is 13.8 Å². The lowest BCUT2D eigenvalue weighted by molar-refractivity contribution is -0.904. The van der Waals surface area contributed by atoms with Crippen LogP contribution in [-0.4, -0.2) is 49.3 Å². The van der Waals surface area contributed by atoms with Crippen molar-refractivity contribution >= 4 is 11.6 Å². The van der Waals surface area contributed by atoms with Crippen molar-refractivity contribution in [3.63, 3.8) is 0 Å². The van der Waals surface area contributed by atoms with E-state index in [2.05, 4.69) is 26.2 Å². The molecule has 4 heteroatoms. The van der Waals surface area contributed by atoms with E-state index >= 15 is 0 Å². The van der Waals surface area contributed by atoms with E-state index in [4.69, 9.17) is 0 Å². The summed E-state index contributed by atoms with van der Waals surface area (Å²) < 4.78 is 0.957. The van der Waals surface area contributed by atoms with Crippen LogP contribution in [0.2, 0.25) is 0 Å². The molecule has 4 nitrogen and oxygen atoms in total. The van der Waals surface area contributed by atoms with Crippen molar-refractivity contribution in [3.8, 4) is 0 Å². The molecule has 1 rings (SSSR count). The van der Waals surface area contributed by atoms with Crippen LogP contribution in [0, 0.1) is 0 Å². The zero-order chi connectivity index (χ0) is 12.9. The smallest absolute Gasteiger partial charge is 0.201 e. The molecule has 0 aromatic carbocycles. The molecular weight excluding hydrogens is 216 g/mol. The third-order valence-electron chi connectivity index (χ3n) is 3.45. The number of quaternary nitrogens is 1. The van der Waals surface area contributed by atoms with Gasteiger partial charge < -0.3 is 9.80 Å². The van der Waals surface area contributed by atoms with Gasteiger partial charge in [0.15, 0.2) is 5.78 Å². The van der Waals surface area contributed by atoms with Gasteiger partial charge in [-0.05, 0) is 26.0 Å². The quantitative estimate of drug-likeness (QED) is 0.545. The Hall–Kier alpha value is -1.42. The van der Waals surface area contributed by atoms with Crippen LogP contribution in [0.3, 0.4) is 0 Å². The second-order valence-corrected chi connectivity index (χ2v) is 4.56. The Labute approximate surface area is 103 Å². The standard InChI is InChI=1S/C13H20N2O2/c1-4-15(3,5-2)9-8-14-12-10-11(16)6-7-13(12)17/h6-7,10H,4-5,8-9H2,1-3H3/p+1. The molecule has 0 aromatic heterocycles. The number of likely N-dealkylation sites (N-methyl/N-ethyl adjacent to an activating group) is 1. The number of hydrogen-bond donors (Lipinski definition) is 1. The molecule has 0 spiro atoms. The van der Waals surface area contributed by atoms with Crippen LogP contribution >= 0.6 is 0 Å². The van der Waals surface area contributed by atoms with Crippen molar-refractivity contribution in [2.24, 2.45) is 0 Å². The van der Waals surface area contributed by atoms with Gasteiger partial charge >= 0.3 is 0 Å². The molecule has 94 valence electrons. The molecule has 17 heavy (non-hydrogen) atoms. The normalized spacial score (nSPS) is 16.1. The maximum Gasteiger partial charge on any atom is 0.201 e. The minimum absolute atomic E-state index is 0.119. The lowest BCUT2D eigenvalue weighted by Crippen LogP contribution is -2.47. The first-order valence-electron chi connectivity index (χ1n) is 6.06. The summed E-state index contributed by atoms with van der Waals surface area (Å²) in [6, 6.07) is 0. The van der Waals surface area contributed by atoms with E-state index in [0.29, 0.717) is 12.2 Å². The van der Waals surface area contributed by atoms with E-state index in [0.717, 1.165) is 24.1 Å². The number of allylic oxidation sites excluding steroid dienone is 3. The van der Waals surface area contributed by atoms with Crippen LogP contribution in [0.4, 0.5) is 0 Å². The second-order valence-electron chi connectivity index (χ2n) is 4.56. The van der Waals surface area contributed by atoms with Crippen molar-refractivity contribution in [3.05, 3.63) is 23.9 Å². The molecule has 0 amide bonds. The molecule has 0 aliphatic heterocycles. The van der Waals surface area contributed by atoms with Crippen LogP contribution in [-0.2, 0) is 9.59 Å². The van der Waals surface area contributed by atoms with E-state index in [1.54, 1.807) is 0 Å². The first-order valence-corrected chi connectivity index (χ1v) is 6.06. The summed E-state index contributed by atoms with van der Waals surface area (Å²) in [6.07, 6.45) is 3.98. The SMILES string of the molecule is CC[N+](C)(CC)CCNC1=CC(=O)C=CC1=O. The average Bonchev–Trinajstić information content (AvgIpc) is 2.33. The fraction of sp³-hybridized carbons (Fsp3) is 0.538. The van der Waals surface area contributed by atoms with Crippen LogP contribution in [0.15, 0.2) is 23.9 Å². The highest BCUT2D eigenvalue weighted by Gasteiger charge is 2.17. The number of carbonyl (C=O) groups is 2. The van der Waals surface area contributed by atoms with Crippen molar-refractivity contribution in [1.29, 1.82) is 0 Å². The molecule has 0 atom stereocenters. The number of rotatable bonds is 6. The Bertz CT molecular complexity index is 366. The third kappa shape index (κ3) is 3.82. The Morgan fingerprint density at radius 2 is 1.82 bits per heavy atom. The molecule has 1 aliphatic rings. The zero-order valence-electron chi connectivity index (χ0n) is 10.8. The second kappa shape index (κ2) is 5.77. The average molecular weight is 237 g/mol. The maximum atomic E-state index is 11.5. The summed E-state index contributed by atoms with van der Waals surface area (Å²) in [6.45, 7) is 8.07. The fourth-order valence-electron chi connectivity index (χ4n) is 1.65. The number of hydrogen-bond acceptors (Lipinski definition) is 3. The molecule has 0 radical (unpaired) electrons. The lowest BCUT2D eigenvalue weighted by Gasteiger charge is -2.32. The Kier molecular flexibility index (Phi) is 4.63. The zero-order valence-corrected chi connectivity index (χ0v) is 10.8. The maximum absolute atomic E-state index is 11.5. The molecule has 1 N–H and O–H groups in total. The molecular formula is C13H21N2O2+. The Morgan fingerprint density at radius 1 is 1.18 bits per heavy atom. The van der Waals surface area contributed by atoms with Crippen LogP contribution in [0.1, 0.15) is 13.8 Å². The number of carbonyl (C=O) groups excluding carboxylic acids is 2. The highest BCUT2D eigenvalue weighted by atomic mass is 16.1. The van der Waals surface area contributed by atoms with Crippen molar-refractivity contribution < 1.29 is 14.1 Å². The molecule has 0 unspecified atom stereocenters. The minimum Gasteiger partial charge on any atom is -0.376 e. The summed E-state index contributed by atoms with van der Waals surface area (Å²) in [5.74, 6) is -0.248. The molecule has 0 saturated heterocycles. The van der Waals surface area contributed by atoms with Gasteiger partial charge in [0, 0.05) is 6.08 Å². The molecule has 0 heterocycles. The van der Waals surface area contributed by atoms with Gasteiger partial charge in [0.2, 0.25) is 5.78 Å². The van der Waals surface area contributed by atoms with Gasteiger partial charge in [-0.25, -0.2) is 0 Å². The molecule has 0 saturated carbocycles. The van der Waals surface area contributed by atoms with Gasteiger partial charge in [-0.2, -0.15) is 0 Å². The minimum atomic E-state index is -0.129. The van der Waals surface area contributed by atoms with Crippen molar-refractivity contribution in [2.75, 3.05) is 33.2 Å². The summed E-state index contributed by atoms with van der Waals surface area (Å²) in [7, 11) is 2.18. The van der Waals surface area contributed by atoms with Crippen LogP contribution in [0.5, 0.6) is 0 Å². The molecule has 0 fully saturated rings. The van der Waals surface area contributed by atoms with E-state index in [9.17, 15) is 9.59 Å². The van der Waals surface area contributed by atoms with Gasteiger partial charge in [0.1, 0.15) is 0 Å². The first-order chi connectivity index (χ1) is 8.00. The van der Waals surface area contributed by atoms with Crippen LogP contribution < -0.4 is 5.32 Å². The van der Waals surface area contributed by atoms with E-state index in [1.165, 1.54) is 18.2 Å². The topological polar surface area (TPSA) is 46.2 Å². The monoisotopic (exact) mass is 237 g/mol. The summed E-state index contributed by atoms with van der Waals surface area (Å²) in [5, 5.41) is 3.05. The molecule has 0 aromatic rings. The third-order valence-corrected chi connectivity index (χ3v) is 3.45. The highest BCUT2D eigenvalue weighted by Crippen LogP contribution is 2.03. The Morgan fingerprint density at radius 3 is 2.41 bits per heavy atom. The number of nitrogens with one attached hydrogen (secondary N) is 1. The fourth-order valence-corrected chi connectivity index (χ4v) is 1.65. The van der Waals surface area contributed by atoms with Gasteiger partial charge in [-0.1, -0.05) is 0 Å². The number of nitrogens with zero attached hydrogens (tertiary/aromatic N) is 1. The summed E-state index contributed by atoms with van der Waals surface area (Å²) in [5.41, 5.74) is 0.413. The van der Waals surface area contributed by atoms with E-state index in [-0.39, 0.29) is 11.6 Å². The predicted molar refractivity (Wildman–Crippen MR) is 67.4 cm³/mol. The first kappa shape index (κ1) is 13.6. The van der Waals surface area contributed by atoms with E-state index in [1.807, 2.05) is 0 Å². The van der Waals surface area contributed by atoms with Gasteiger partial charge in [-0.3, -0.25) is 9.59 Å².